The fourth-order valence-electron chi connectivity index (χ4n) is 4.27. The van der Waals surface area contributed by atoms with Crippen molar-refractivity contribution in [3.8, 4) is 22.6 Å². The smallest absolute Gasteiger partial charge is 0.272 e. The number of hydrogen-bond donors (Lipinski definition) is 1. The van der Waals surface area contributed by atoms with E-state index >= 15 is 0 Å². The lowest BCUT2D eigenvalue weighted by Gasteiger charge is -2.12. The molecule has 0 saturated carbocycles. The molecule has 0 aliphatic carbocycles. The van der Waals surface area contributed by atoms with Crippen LogP contribution < -0.4 is 14.8 Å². The first-order valence-corrected chi connectivity index (χ1v) is 15.4. The SMILES string of the molecule is CCCCOc1ccc(-c2ccc(OCC(F)F)c(/C=C/C(=O)Nc3ccc(SCc4cncn4CCC)cc3)c2)cc1. The number of thioether (sulfide) groups is 1. The molecule has 0 atom stereocenters. The number of amides is 1. The number of anilines is 1. The van der Waals surface area contributed by atoms with Crippen molar-refractivity contribution in [3.05, 3.63) is 96.6 Å². The standard InChI is InChI=1S/C34H37F2N3O3S/c1-3-5-19-41-30-12-6-25(7-13-30)26-8-16-32(42-22-33(35)36)27(20-26)9-17-34(40)38-28-10-14-31(15-11-28)43-23-29-21-37-24-39(29)18-4-2/h6-17,20-21,24,33H,3-5,18-19,22-23H2,1-2H3,(H,38,40)/b17-9+. The fraction of sp³-hybridized carbons (Fsp3) is 0.294. The third kappa shape index (κ3) is 9.99. The molecule has 43 heavy (non-hydrogen) atoms. The lowest BCUT2D eigenvalue weighted by molar-refractivity contribution is -0.111. The number of alkyl halides is 2. The number of hydrogen-bond acceptors (Lipinski definition) is 5. The maximum Gasteiger partial charge on any atom is 0.272 e. The molecule has 0 aliphatic rings. The third-order valence-corrected chi connectivity index (χ3v) is 7.56. The molecule has 4 aromatic rings. The van der Waals surface area contributed by atoms with Crippen molar-refractivity contribution in [2.75, 3.05) is 18.5 Å². The number of imidazole rings is 1. The van der Waals surface area contributed by atoms with E-state index in [9.17, 15) is 13.6 Å². The van der Waals surface area contributed by atoms with E-state index in [1.807, 2.05) is 73.2 Å². The minimum Gasteiger partial charge on any atom is -0.494 e. The second-order valence-electron chi connectivity index (χ2n) is 9.90. The second-order valence-corrected chi connectivity index (χ2v) is 10.9. The van der Waals surface area contributed by atoms with E-state index < -0.39 is 13.0 Å². The molecule has 6 nitrogen and oxygen atoms in total. The van der Waals surface area contributed by atoms with Gasteiger partial charge in [0.1, 0.15) is 18.1 Å². The van der Waals surface area contributed by atoms with Gasteiger partial charge in [-0.15, -0.1) is 11.8 Å². The first kappa shape index (κ1) is 31.8. The fourth-order valence-corrected chi connectivity index (χ4v) is 5.16. The van der Waals surface area contributed by atoms with Crippen molar-refractivity contribution in [2.45, 2.75) is 56.7 Å². The minimum atomic E-state index is -2.61. The van der Waals surface area contributed by atoms with Crippen LogP contribution in [0.1, 0.15) is 44.4 Å². The molecule has 1 heterocycles. The predicted molar refractivity (Wildman–Crippen MR) is 170 cm³/mol. The lowest BCUT2D eigenvalue weighted by Crippen LogP contribution is -2.09. The molecule has 0 unspecified atom stereocenters. The summed E-state index contributed by atoms with van der Waals surface area (Å²) in [5.41, 5.74) is 4.12. The van der Waals surface area contributed by atoms with Gasteiger partial charge >= 0.3 is 0 Å². The molecule has 0 spiro atoms. The van der Waals surface area contributed by atoms with Crippen molar-refractivity contribution in [1.82, 2.24) is 9.55 Å². The van der Waals surface area contributed by atoms with Crippen LogP contribution in [-0.4, -0.2) is 35.1 Å². The van der Waals surface area contributed by atoms with E-state index in [1.54, 1.807) is 23.9 Å². The Labute approximate surface area is 256 Å². The zero-order chi connectivity index (χ0) is 30.4. The van der Waals surface area contributed by atoms with Crippen LogP contribution in [0.4, 0.5) is 14.5 Å². The lowest BCUT2D eigenvalue weighted by atomic mass is 10.0. The Balaban J connectivity index is 1.40. The number of ether oxygens (including phenoxy) is 2. The van der Waals surface area contributed by atoms with Crippen molar-refractivity contribution in [2.24, 2.45) is 0 Å². The summed E-state index contributed by atoms with van der Waals surface area (Å²) in [6, 6.07) is 20.6. The molecule has 4 rings (SSSR count). The van der Waals surface area contributed by atoms with Crippen LogP contribution >= 0.6 is 11.8 Å². The normalized spacial score (nSPS) is 11.3. The number of halogens is 2. The van der Waals surface area contributed by atoms with Crippen LogP contribution in [0.5, 0.6) is 11.5 Å². The number of aromatic nitrogens is 2. The summed E-state index contributed by atoms with van der Waals surface area (Å²) in [7, 11) is 0. The number of aryl methyl sites for hydroxylation is 1. The van der Waals surface area contributed by atoms with Gasteiger partial charge < -0.3 is 19.4 Å². The van der Waals surface area contributed by atoms with Crippen LogP contribution in [0, 0.1) is 0 Å². The van der Waals surface area contributed by atoms with Gasteiger partial charge in [0, 0.05) is 46.4 Å². The molecular weight excluding hydrogens is 568 g/mol. The van der Waals surface area contributed by atoms with Gasteiger partial charge in [0.2, 0.25) is 5.91 Å². The zero-order valence-electron chi connectivity index (χ0n) is 24.5. The number of carbonyl (C=O) groups is 1. The Hall–Kier alpha value is -4.11. The first-order valence-electron chi connectivity index (χ1n) is 14.4. The zero-order valence-corrected chi connectivity index (χ0v) is 25.3. The van der Waals surface area contributed by atoms with Crippen molar-refractivity contribution in [1.29, 1.82) is 0 Å². The van der Waals surface area contributed by atoms with Crippen LogP contribution in [-0.2, 0) is 17.1 Å². The van der Waals surface area contributed by atoms with Crippen molar-refractivity contribution >= 4 is 29.4 Å². The molecule has 0 saturated heterocycles. The van der Waals surface area contributed by atoms with E-state index in [-0.39, 0.29) is 11.7 Å². The first-order chi connectivity index (χ1) is 20.9. The highest BCUT2D eigenvalue weighted by molar-refractivity contribution is 7.98. The van der Waals surface area contributed by atoms with E-state index in [1.165, 1.54) is 11.8 Å². The summed E-state index contributed by atoms with van der Waals surface area (Å²) >= 11 is 1.70. The Morgan fingerprint density at radius 3 is 2.49 bits per heavy atom. The van der Waals surface area contributed by atoms with E-state index in [4.69, 9.17) is 9.47 Å². The number of benzene rings is 3. The highest BCUT2D eigenvalue weighted by Crippen LogP contribution is 2.30. The molecule has 0 fully saturated rings. The Morgan fingerprint density at radius 2 is 1.77 bits per heavy atom. The minimum absolute atomic E-state index is 0.272. The molecule has 0 bridgehead atoms. The molecule has 226 valence electrons. The van der Waals surface area contributed by atoms with Gasteiger partial charge in [-0.25, -0.2) is 13.8 Å². The summed E-state index contributed by atoms with van der Waals surface area (Å²) in [5, 5.41) is 2.85. The summed E-state index contributed by atoms with van der Waals surface area (Å²) in [4.78, 5) is 18.1. The van der Waals surface area contributed by atoms with Crippen molar-refractivity contribution in [3.63, 3.8) is 0 Å². The summed E-state index contributed by atoms with van der Waals surface area (Å²) in [6.45, 7) is 5.13. The van der Waals surface area contributed by atoms with Crippen LogP contribution in [0.3, 0.4) is 0 Å². The Morgan fingerprint density at radius 1 is 1.00 bits per heavy atom. The number of nitrogens with one attached hydrogen (secondary N) is 1. The number of nitrogens with zero attached hydrogens (tertiary/aromatic N) is 2. The molecule has 9 heteroatoms. The van der Waals surface area contributed by atoms with Crippen LogP contribution in [0.2, 0.25) is 0 Å². The predicted octanol–water partition coefficient (Wildman–Crippen LogP) is 8.73. The second kappa shape index (κ2) is 16.5. The number of rotatable bonds is 16. The largest absolute Gasteiger partial charge is 0.494 e. The van der Waals surface area contributed by atoms with E-state index in [0.29, 0.717) is 17.9 Å². The van der Waals surface area contributed by atoms with Gasteiger partial charge in [-0.2, -0.15) is 0 Å². The van der Waals surface area contributed by atoms with Gasteiger partial charge in [0.25, 0.3) is 6.43 Å². The van der Waals surface area contributed by atoms with Crippen LogP contribution in [0.25, 0.3) is 17.2 Å². The van der Waals surface area contributed by atoms with Crippen molar-refractivity contribution < 1.29 is 23.0 Å². The van der Waals surface area contributed by atoms with Gasteiger partial charge in [-0.05, 0) is 78.6 Å². The maximum atomic E-state index is 12.9. The Bertz CT molecular complexity index is 1470. The molecule has 1 aromatic heterocycles. The molecule has 0 radical (unpaired) electrons. The highest BCUT2D eigenvalue weighted by atomic mass is 32.2. The van der Waals surface area contributed by atoms with Gasteiger partial charge in [0.15, 0.2) is 0 Å². The van der Waals surface area contributed by atoms with E-state index in [0.717, 1.165) is 53.3 Å². The maximum absolute atomic E-state index is 12.9. The third-order valence-electron chi connectivity index (χ3n) is 6.51. The van der Waals surface area contributed by atoms with Gasteiger partial charge in [-0.3, -0.25) is 4.79 Å². The van der Waals surface area contributed by atoms with Gasteiger partial charge in [-0.1, -0.05) is 38.5 Å². The molecule has 3 aromatic carbocycles. The summed E-state index contributed by atoms with van der Waals surface area (Å²) < 4.78 is 39.0. The number of carbonyl (C=O) groups excluding carboxylic acids is 1. The van der Waals surface area contributed by atoms with Crippen LogP contribution in [0.15, 0.2) is 90.2 Å². The molecule has 0 aliphatic heterocycles. The summed E-state index contributed by atoms with van der Waals surface area (Å²) in [5.74, 6) is 1.52. The average molecular weight is 606 g/mol. The van der Waals surface area contributed by atoms with Gasteiger partial charge in [0.05, 0.1) is 12.9 Å². The monoisotopic (exact) mass is 605 g/mol. The molecule has 1 amide bonds. The topological polar surface area (TPSA) is 65.4 Å². The van der Waals surface area contributed by atoms with E-state index in [2.05, 4.69) is 28.7 Å². The average Bonchev–Trinajstić information content (AvgIpc) is 3.46. The summed E-state index contributed by atoms with van der Waals surface area (Å²) in [6.07, 6.45) is 7.19. The Kier molecular flexibility index (Phi) is 12.2. The number of unbranched alkanes of at least 4 members (excludes halogenated alkanes) is 1. The molecular formula is C34H37F2N3O3S. The highest BCUT2D eigenvalue weighted by Gasteiger charge is 2.10. The molecule has 1 N–H and O–H groups in total. The quantitative estimate of drug-likeness (QED) is 0.0786.